The number of nitrogens with zero attached hydrogens (tertiary/aromatic N) is 2. The molecule has 2 heterocycles. The first-order valence-electron chi connectivity index (χ1n) is 7.95. The molecule has 23 heavy (non-hydrogen) atoms. The molecule has 0 bridgehead atoms. The van der Waals surface area contributed by atoms with E-state index in [0.29, 0.717) is 5.56 Å². The molecule has 5 heteroatoms. The van der Waals surface area contributed by atoms with E-state index in [-0.39, 0.29) is 11.9 Å². The molecular weight excluding hydrogens is 288 g/mol. The maximum Gasteiger partial charge on any atom is 0.256 e. The average molecular weight is 310 g/mol. The van der Waals surface area contributed by atoms with E-state index >= 15 is 0 Å². The summed E-state index contributed by atoms with van der Waals surface area (Å²) < 4.78 is 1.85. The molecule has 0 fully saturated rings. The Balaban J connectivity index is 1.89. The molecule has 0 aliphatic carbocycles. The topological polar surface area (TPSA) is 62.7 Å². The van der Waals surface area contributed by atoms with Gasteiger partial charge in [-0.25, -0.2) is 4.68 Å². The number of nitrogens with one attached hydrogen (secondary N) is 2. The lowest BCUT2D eigenvalue weighted by Crippen LogP contribution is -2.17. The maximum atomic E-state index is 12.6. The zero-order valence-electron chi connectivity index (χ0n) is 14.0. The zero-order chi connectivity index (χ0) is 16.6. The molecule has 2 aromatic heterocycles. The summed E-state index contributed by atoms with van der Waals surface area (Å²) in [5.74, 6) is 0.613. The van der Waals surface area contributed by atoms with Crippen LogP contribution in [0.4, 0.5) is 5.82 Å². The fourth-order valence-electron chi connectivity index (χ4n) is 2.73. The molecule has 1 amide bonds. The molecule has 0 saturated carbocycles. The van der Waals surface area contributed by atoms with Crippen LogP contribution in [0.25, 0.3) is 10.9 Å². The number of anilines is 1. The van der Waals surface area contributed by atoms with Crippen LogP contribution in [-0.2, 0) is 0 Å². The van der Waals surface area contributed by atoms with Gasteiger partial charge in [-0.3, -0.25) is 4.79 Å². The molecule has 0 radical (unpaired) electrons. The first-order valence-corrected chi connectivity index (χ1v) is 7.95. The molecule has 120 valence electrons. The number of hydrogen-bond donors (Lipinski definition) is 2. The highest BCUT2D eigenvalue weighted by molar-refractivity contribution is 6.06. The van der Waals surface area contributed by atoms with E-state index < -0.39 is 0 Å². The van der Waals surface area contributed by atoms with Crippen LogP contribution < -0.4 is 5.32 Å². The lowest BCUT2D eigenvalue weighted by molar-refractivity contribution is 0.102. The van der Waals surface area contributed by atoms with Crippen LogP contribution in [0, 0.1) is 13.8 Å². The van der Waals surface area contributed by atoms with Crippen LogP contribution in [0.15, 0.2) is 30.5 Å². The molecule has 3 rings (SSSR count). The number of aryl methyl sites for hydroxylation is 2. The van der Waals surface area contributed by atoms with E-state index in [1.807, 2.05) is 35.9 Å². The first-order chi connectivity index (χ1) is 11.0. The summed E-state index contributed by atoms with van der Waals surface area (Å²) in [6.45, 7) is 8.29. The second-order valence-electron chi connectivity index (χ2n) is 6.01. The third-order valence-corrected chi connectivity index (χ3v) is 4.49. The van der Waals surface area contributed by atoms with E-state index in [0.717, 1.165) is 28.8 Å². The van der Waals surface area contributed by atoms with E-state index in [2.05, 4.69) is 36.2 Å². The lowest BCUT2D eigenvalue weighted by Gasteiger charge is -2.14. The summed E-state index contributed by atoms with van der Waals surface area (Å²) in [6, 6.07) is 7.81. The molecule has 0 aliphatic heterocycles. The molecular formula is C18H22N4O. The van der Waals surface area contributed by atoms with Gasteiger partial charge in [0.1, 0.15) is 5.82 Å². The van der Waals surface area contributed by atoms with Crippen LogP contribution in [0.3, 0.4) is 0 Å². The number of carbonyl (C=O) groups is 1. The Morgan fingerprint density at radius 2 is 2.13 bits per heavy atom. The summed E-state index contributed by atoms with van der Waals surface area (Å²) in [5.41, 5.74) is 4.02. The van der Waals surface area contributed by atoms with Gasteiger partial charge in [0.05, 0.1) is 12.2 Å². The van der Waals surface area contributed by atoms with Crippen molar-refractivity contribution in [1.29, 1.82) is 0 Å². The summed E-state index contributed by atoms with van der Waals surface area (Å²) in [6.07, 6.45) is 2.67. The van der Waals surface area contributed by atoms with Crippen LogP contribution in [-0.4, -0.2) is 20.7 Å². The minimum Gasteiger partial charge on any atom is -0.358 e. The molecule has 5 nitrogen and oxygen atoms in total. The number of fused-ring (bicyclic) bond motifs is 1. The Bertz CT molecular complexity index is 859. The van der Waals surface area contributed by atoms with Gasteiger partial charge in [-0.2, -0.15) is 5.10 Å². The number of carbonyl (C=O) groups excluding carboxylic acids is 1. The normalized spacial score (nSPS) is 12.5. The Morgan fingerprint density at radius 1 is 1.35 bits per heavy atom. The van der Waals surface area contributed by atoms with E-state index in [4.69, 9.17) is 0 Å². The quantitative estimate of drug-likeness (QED) is 0.758. The van der Waals surface area contributed by atoms with Gasteiger partial charge in [-0.15, -0.1) is 0 Å². The number of aromatic nitrogens is 3. The van der Waals surface area contributed by atoms with Crippen molar-refractivity contribution in [2.24, 2.45) is 0 Å². The molecule has 0 saturated heterocycles. The maximum absolute atomic E-state index is 12.6. The molecule has 0 spiro atoms. The molecule has 0 aliphatic rings. The minimum absolute atomic E-state index is 0.116. The smallest absolute Gasteiger partial charge is 0.256 e. The summed E-state index contributed by atoms with van der Waals surface area (Å²) >= 11 is 0. The number of hydrogen-bond acceptors (Lipinski definition) is 2. The summed E-state index contributed by atoms with van der Waals surface area (Å²) in [4.78, 5) is 15.9. The van der Waals surface area contributed by atoms with Crippen LogP contribution in [0.2, 0.25) is 0 Å². The van der Waals surface area contributed by atoms with Gasteiger partial charge in [-0.05, 0) is 51.0 Å². The van der Waals surface area contributed by atoms with Gasteiger partial charge >= 0.3 is 0 Å². The van der Waals surface area contributed by atoms with Gasteiger partial charge in [0.2, 0.25) is 0 Å². The van der Waals surface area contributed by atoms with Crippen molar-refractivity contribution in [3.8, 4) is 0 Å². The van der Waals surface area contributed by atoms with Crippen LogP contribution >= 0.6 is 0 Å². The third kappa shape index (κ3) is 2.74. The molecule has 1 unspecified atom stereocenters. The zero-order valence-corrected chi connectivity index (χ0v) is 14.0. The number of amides is 1. The number of aromatic amines is 1. The highest BCUT2D eigenvalue weighted by Crippen LogP contribution is 2.23. The van der Waals surface area contributed by atoms with Crippen molar-refractivity contribution in [3.63, 3.8) is 0 Å². The molecule has 1 atom stereocenters. The van der Waals surface area contributed by atoms with Crippen LogP contribution in [0.1, 0.15) is 47.9 Å². The minimum atomic E-state index is -0.116. The second-order valence-corrected chi connectivity index (χ2v) is 6.01. The lowest BCUT2D eigenvalue weighted by atomic mass is 10.1. The van der Waals surface area contributed by atoms with Gasteiger partial charge < -0.3 is 10.3 Å². The predicted molar refractivity (Wildman–Crippen MR) is 93.0 cm³/mol. The highest BCUT2D eigenvalue weighted by Gasteiger charge is 2.14. The SMILES string of the molecule is CCC(C)n1nccc1NC(=O)c1ccc2[nH]c(C)c(C)c2c1. The van der Waals surface area contributed by atoms with E-state index in [1.54, 1.807) is 6.20 Å². The first kappa shape index (κ1) is 15.3. The summed E-state index contributed by atoms with van der Waals surface area (Å²) in [5, 5.41) is 8.35. The fraction of sp³-hybridized carbons (Fsp3) is 0.333. The van der Waals surface area contributed by atoms with Gasteiger partial charge in [-0.1, -0.05) is 6.92 Å². The number of H-pyrrole nitrogens is 1. The van der Waals surface area contributed by atoms with Gasteiger partial charge in [0.25, 0.3) is 5.91 Å². The van der Waals surface area contributed by atoms with Gasteiger partial charge in [0, 0.05) is 28.2 Å². The highest BCUT2D eigenvalue weighted by atomic mass is 16.1. The van der Waals surface area contributed by atoms with E-state index in [9.17, 15) is 4.79 Å². The van der Waals surface area contributed by atoms with Crippen molar-refractivity contribution >= 4 is 22.6 Å². The Labute approximate surface area is 135 Å². The van der Waals surface area contributed by atoms with Crippen molar-refractivity contribution in [2.45, 2.75) is 40.2 Å². The largest absolute Gasteiger partial charge is 0.358 e. The number of benzene rings is 1. The van der Waals surface area contributed by atoms with Crippen molar-refractivity contribution < 1.29 is 4.79 Å². The van der Waals surface area contributed by atoms with E-state index in [1.165, 1.54) is 5.56 Å². The average Bonchev–Trinajstić information content (AvgIpc) is 3.11. The fourth-order valence-corrected chi connectivity index (χ4v) is 2.73. The Hall–Kier alpha value is -2.56. The van der Waals surface area contributed by atoms with Crippen molar-refractivity contribution in [2.75, 3.05) is 5.32 Å². The standard InChI is InChI=1S/C18H22N4O/c1-5-11(2)22-17(8-9-19-22)21-18(23)14-6-7-16-15(10-14)12(3)13(4)20-16/h6-11,20H,5H2,1-4H3,(H,21,23). The molecule has 1 aromatic carbocycles. The van der Waals surface area contributed by atoms with Crippen LogP contribution in [0.5, 0.6) is 0 Å². The van der Waals surface area contributed by atoms with Crippen molar-refractivity contribution in [1.82, 2.24) is 14.8 Å². The monoisotopic (exact) mass is 310 g/mol. The predicted octanol–water partition coefficient (Wildman–Crippen LogP) is 4.20. The summed E-state index contributed by atoms with van der Waals surface area (Å²) in [7, 11) is 0. The van der Waals surface area contributed by atoms with Crippen molar-refractivity contribution in [3.05, 3.63) is 47.3 Å². The Kier molecular flexibility index (Phi) is 3.94. The molecule has 2 N–H and O–H groups in total. The third-order valence-electron chi connectivity index (χ3n) is 4.49. The van der Waals surface area contributed by atoms with Gasteiger partial charge in [0.15, 0.2) is 0 Å². The number of rotatable bonds is 4. The second kappa shape index (κ2) is 5.91. The molecule has 3 aromatic rings. The Morgan fingerprint density at radius 3 is 2.87 bits per heavy atom.